The highest BCUT2D eigenvalue weighted by Gasteiger charge is 2.10. The molecule has 0 aliphatic heterocycles. The van der Waals surface area contributed by atoms with Gasteiger partial charge >= 0.3 is 0 Å². The number of carbonyl (C=O) groups is 2. The Morgan fingerprint density at radius 2 is 2.21 bits per heavy atom. The normalized spacial score (nSPS) is 9.86. The van der Waals surface area contributed by atoms with E-state index in [1.807, 2.05) is 0 Å². The molecule has 0 spiro atoms. The van der Waals surface area contributed by atoms with E-state index in [4.69, 9.17) is 11.6 Å². The van der Waals surface area contributed by atoms with Crippen LogP contribution < -0.4 is 5.32 Å². The smallest absolute Gasteiger partial charge is 0.233 e. The molecule has 0 aliphatic carbocycles. The second-order valence-electron chi connectivity index (χ2n) is 2.52. The van der Waals surface area contributed by atoms with Gasteiger partial charge in [-0.1, -0.05) is 11.3 Å². The van der Waals surface area contributed by atoms with E-state index in [-0.39, 0.29) is 18.1 Å². The number of hydrogen-bond donors (Lipinski definition) is 1. The number of anilines is 1. The molecule has 1 aromatic rings. The number of amides is 1. The van der Waals surface area contributed by atoms with Crippen molar-refractivity contribution >= 4 is 39.8 Å². The lowest BCUT2D eigenvalue weighted by molar-refractivity contribution is -0.124. The Bertz CT molecular complexity index is 352. The molecule has 0 aliphatic rings. The van der Waals surface area contributed by atoms with Crippen LogP contribution in [0.5, 0.6) is 0 Å². The van der Waals surface area contributed by atoms with Crippen LogP contribution in [0.15, 0.2) is 0 Å². The second kappa shape index (κ2) is 5.02. The summed E-state index contributed by atoms with van der Waals surface area (Å²) in [6.07, 6.45) is -0.220. The van der Waals surface area contributed by atoms with Crippen LogP contribution >= 0.6 is 22.9 Å². The van der Waals surface area contributed by atoms with E-state index in [1.165, 1.54) is 11.3 Å². The first-order chi connectivity index (χ1) is 6.61. The molecule has 1 aromatic heterocycles. The molecule has 0 bridgehead atoms. The second-order valence-corrected chi connectivity index (χ2v) is 3.97. The number of hydrogen-bond acceptors (Lipinski definition) is 5. The number of nitrogens with one attached hydrogen (secondary N) is 1. The standard InChI is InChI=1S/C7H8ClN3O2S/c1-4-10-11-7(14-4)9-6(13)2-5(12)3-8/h2-3H2,1H3,(H,9,11,13). The lowest BCUT2D eigenvalue weighted by Crippen LogP contribution is -2.16. The van der Waals surface area contributed by atoms with Crippen molar-refractivity contribution in [1.82, 2.24) is 10.2 Å². The summed E-state index contributed by atoms with van der Waals surface area (Å²) in [5.41, 5.74) is 0. The topological polar surface area (TPSA) is 72.0 Å². The van der Waals surface area contributed by atoms with Crippen LogP contribution in [0, 0.1) is 6.92 Å². The lowest BCUT2D eigenvalue weighted by atomic mass is 10.3. The summed E-state index contributed by atoms with van der Waals surface area (Å²) in [6.45, 7) is 1.78. The molecule has 14 heavy (non-hydrogen) atoms. The summed E-state index contributed by atoms with van der Waals surface area (Å²) in [4.78, 5) is 21.9. The fraction of sp³-hybridized carbons (Fsp3) is 0.429. The van der Waals surface area contributed by atoms with Crippen LogP contribution in [0.25, 0.3) is 0 Å². The van der Waals surface area contributed by atoms with Crippen LogP contribution in [0.3, 0.4) is 0 Å². The molecule has 0 radical (unpaired) electrons. The van der Waals surface area contributed by atoms with Crippen molar-refractivity contribution in [3.8, 4) is 0 Å². The highest BCUT2D eigenvalue weighted by molar-refractivity contribution is 7.15. The van der Waals surface area contributed by atoms with E-state index in [0.29, 0.717) is 5.13 Å². The Balaban J connectivity index is 2.45. The molecule has 0 aromatic carbocycles. The number of aromatic nitrogens is 2. The van der Waals surface area contributed by atoms with Crippen LogP contribution in [0.1, 0.15) is 11.4 Å². The monoisotopic (exact) mass is 233 g/mol. The van der Waals surface area contributed by atoms with Gasteiger partial charge in [-0.05, 0) is 6.92 Å². The van der Waals surface area contributed by atoms with Gasteiger partial charge in [0.25, 0.3) is 0 Å². The van der Waals surface area contributed by atoms with Crippen LogP contribution in [0.4, 0.5) is 5.13 Å². The van der Waals surface area contributed by atoms with Crippen molar-refractivity contribution < 1.29 is 9.59 Å². The summed E-state index contributed by atoms with van der Waals surface area (Å²) < 4.78 is 0. The molecule has 1 amide bonds. The molecule has 7 heteroatoms. The Hall–Kier alpha value is -1.01. The summed E-state index contributed by atoms with van der Waals surface area (Å²) in [7, 11) is 0. The van der Waals surface area contributed by atoms with Gasteiger partial charge in [-0.3, -0.25) is 9.59 Å². The van der Waals surface area contributed by atoms with Crippen molar-refractivity contribution in [2.75, 3.05) is 11.2 Å². The third-order valence-corrected chi connectivity index (χ3v) is 2.33. The van der Waals surface area contributed by atoms with Crippen LogP contribution in [-0.4, -0.2) is 27.8 Å². The molecule has 0 atom stereocenters. The first-order valence-electron chi connectivity index (χ1n) is 3.79. The van der Waals surface area contributed by atoms with Gasteiger partial charge in [-0.2, -0.15) is 0 Å². The maximum atomic E-state index is 11.1. The van der Waals surface area contributed by atoms with Crippen LogP contribution in [-0.2, 0) is 9.59 Å². The Morgan fingerprint density at radius 3 is 2.71 bits per heavy atom. The molecular formula is C7H8ClN3O2S. The SMILES string of the molecule is Cc1nnc(NC(=O)CC(=O)CCl)s1. The fourth-order valence-electron chi connectivity index (χ4n) is 0.737. The van der Waals surface area contributed by atoms with Crippen molar-refractivity contribution in [3.63, 3.8) is 0 Å². The van der Waals surface area contributed by atoms with Gasteiger partial charge in [0.15, 0.2) is 5.78 Å². The van der Waals surface area contributed by atoms with E-state index in [2.05, 4.69) is 15.5 Å². The van der Waals surface area contributed by atoms with Gasteiger partial charge < -0.3 is 5.32 Å². The quantitative estimate of drug-likeness (QED) is 0.622. The van der Waals surface area contributed by atoms with Gasteiger partial charge in [-0.25, -0.2) is 0 Å². The van der Waals surface area contributed by atoms with Gasteiger partial charge in [0.1, 0.15) is 5.01 Å². The largest absolute Gasteiger partial charge is 0.300 e. The van der Waals surface area contributed by atoms with Gasteiger partial charge in [-0.15, -0.1) is 21.8 Å². The number of halogens is 1. The Labute approximate surface area is 89.5 Å². The average Bonchev–Trinajstić information content (AvgIpc) is 2.50. The van der Waals surface area contributed by atoms with E-state index in [0.717, 1.165) is 5.01 Å². The Morgan fingerprint density at radius 1 is 1.50 bits per heavy atom. The van der Waals surface area contributed by atoms with Crippen molar-refractivity contribution in [2.45, 2.75) is 13.3 Å². The number of alkyl halides is 1. The molecule has 1 heterocycles. The first-order valence-corrected chi connectivity index (χ1v) is 5.14. The lowest BCUT2D eigenvalue weighted by Gasteiger charge is -1.97. The maximum Gasteiger partial charge on any atom is 0.233 e. The summed E-state index contributed by atoms with van der Waals surface area (Å²) in [5, 5.41) is 11.0. The van der Waals surface area contributed by atoms with E-state index in [9.17, 15) is 9.59 Å². The minimum Gasteiger partial charge on any atom is -0.300 e. The predicted octanol–water partition coefficient (Wildman–Crippen LogP) is 0.983. The number of ketones is 1. The van der Waals surface area contributed by atoms with Crippen LogP contribution in [0.2, 0.25) is 0 Å². The van der Waals surface area contributed by atoms with E-state index < -0.39 is 5.91 Å². The average molecular weight is 234 g/mol. The van der Waals surface area contributed by atoms with Gasteiger partial charge in [0.2, 0.25) is 11.0 Å². The third-order valence-electron chi connectivity index (χ3n) is 1.28. The summed E-state index contributed by atoms with van der Waals surface area (Å²) in [6, 6.07) is 0. The molecular weight excluding hydrogens is 226 g/mol. The fourth-order valence-corrected chi connectivity index (χ4v) is 1.44. The molecule has 0 unspecified atom stereocenters. The number of Topliss-reactive ketones (excluding diaryl/α,β-unsaturated/α-hetero) is 1. The number of carbonyl (C=O) groups excluding carboxylic acids is 2. The van der Waals surface area contributed by atoms with E-state index >= 15 is 0 Å². The summed E-state index contributed by atoms with van der Waals surface area (Å²) >= 11 is 6.50. The first kappa shape index (κ1) is 11.1. The van der Waals surface area contributed by atoms with Crippen molar-refractivity contribution in [2.24, 2.45) is 0 Å². The van der Waals surface area contributed by atoms with Crippen molar-refractivity contribution in [3.05, 3.63) is 5.01 Å². The Kier molecular flexibility index (Phi) is 3.97. The zero-order valence-electron chi connectivity index (χ0n) is 7.41. The maximum absolute atomic E-state index is 11.1. The minimum atomic E-state index is -0.410. The molecule has 76 valence electrons. The zero-order valence-corrected chi connectivity index (χ0v) is 8.98. The number of nitrogens with zero attached hydrogens (tertiary/aromatic N) is 2. The molecule has 1 N–H and O–H groups in total. The molecule has 0 fully saturated rings. The highest BCUT2D eigenvalue weighted by Crippen LogP contribution is 2.13. The van der Waals surface area contributed by atoms with E-state index in [1.54, 1.807) is 6.92 Å². The molecule has 5 nitrogen and oxygen atoms in total. The third kappa shape index (κ3) is 3.39. The predicted molar refractivity (Wildman–Crippen MR) is 53.6 cm³/mol. The van der Waals surface area contributed by atoms with Gasteiger partial charge in [0, 0.05) is 0 Å². The number of rotatable bonds is 4. The highest BCUT2D eigenvalue weighted by atomic mass is 35.5. The molecule has 0 saturated heterocycles. The number of aryl methyl sites for hydroxylation is 1. The van der Waals surface area contributed by atoms with Gasteiger partial charge in [0.05, 0.1) is 12.3 Å². The zero-order chi connectivity index (χ0) is 10.6. The molecule has 0 saturated carbocycles. The molecule has 1 rings (SSSR count). The minimum absolute atomic E-state index is 0.150. The summed E-state index contributed by atoms with van der Waals surface area (Å²) in [5.74, 6) is -0.875. The van der Waals surface area contributed by atoms with Crippen molar-refractivity contribution in [1.29, 1.82) is 0 Å².